The van der Waals surface area contributed by atoms with Gasteiger partial charge in [-0.3, -0.25) is 0 Å². The molecule has 7 aromatic rings. The van der Waals surface area contributed by atoms with Crippen LogP contribution in [0, 0.1) is 45.2 Å². The molecule has 0 atom stereocenters. The second kappa shape index (κ2) is 12.8. The van der Waals surface area contributed by atoms with Crippen molar-refractivity contribution in [3.8, 4) is 22.5 Å². The van der Waals surface area contributed by atoms with E-state index in [2.05, 4.69) is 125 Å². The fraction of sp³-hybridized carbons (Fsp3) is 0.231. The molecule has 4 aromatic heterocycles. The van der Waals surface area contributed by atoms with Crippen LogP contribution in [0.15, 0.2) is 83.5 Å². The average Bonchev–Trinajstić information content (AvgIpc) is 3.54. The first-order valence-corrected chi connectivity index (χ1v) is 15.5. The maximum atomic E-state index is 6.44. The summed E-state index contributed by atoms with van der Waals surface area (Å²) in [6.07, 6.45) is 4.82. The SMILES string of the molecule is Cc1c[c-]c(-c2cc(C)c(C)cn2)cc1.Cc1cc2ccc3c4cc[c-]c(-c5cc(CC(C)(C)C)ccn5)c4oc3c2s1.[Ir]. The maximum absolute atomic E-state index is 6.44. The quantitative estimate of drug-likeness (QED) is 0.168. The molecular formula is C39H36IrN2OS-2. The van der Waals surface area contributed by atoms with Gasteiger partial charge >= 0.3 is 0 Å². The molecule has 3 nitrogen and oxygen atoms in total. The summed E-state index contributed by atoms with van der Waals surface area (Å²) in [5.74, 6) is 0. The van der Waals surface area contributed by atoms with Gasteiger partial charge in [-0.05, 0) is 67.1 Å². The molecule has 0 unspecified atom stereocenters. The molecule has 3 aromatic carbocycles. The average molecular weight is 773 g/mol. The van der Waals surface area contributed by atoms with Gasteiger partial charge in [-0.2, -0.15) is 0 Å². The fourth-order valence-corrected chi connectivity index (χ4v) is 6.38. The molecule has 0 N–H and O–H groups in total. The van der Waals surface area contributed by atoms with E-state index in [0.717, 1.165) is 50.9 Å². The molecule has 1 radical (unpaired) electrons. The Balaban J connectivity index is 0.000000204. The van der Waals surface area contributed by atoms with Gasteiger partial charge in [-0.15, -0.1) is 64.9 Å². The van der Waals surface area contributed by atoms with E-state index in [9.17, 15) is 0 Å². The van der Waals surface area contributed by atoms with Crippen LogP contribution in [0.25, 0.3) is 54.5 Å². The van der Waals surface area contributed by atoms with Gasteiger partial charge in [-0.1, -0.05) is 74.0 Å². The van der Waals surface area contributed by atoms with Gasteiger partial charge in [0.25, 0.3) is 0 Å². The molecule has 0 saturated heterocycles. The normalized spacial score (nSPS) is 11.4. The van der Waals surface area contributed by atoms with Crippen LogP contribution in [0.1, 0.15) is 47.9 Å². The Morgan fingerprint density at radius 1 is 0.795 bits per heavy atom. The Labute approximate surface area is 277 Å². The van der Waals surface area contributed by atoms with E-state index in [1.807, 2.05) is 24.5 Å². The maximum Gasteiger partial charge on any atom is 0.138 e. The molecule has 0 saturated carbocycles. The molecule has 0 bridgehead atoms. The summed E-state index contributed by atoms with van der Waals surface area (Å²) < 4.78 is 7.66. The first-order valence-electron chi connectivity index (χ1n) is 14.7. The van der Waals surface area contributed by atoms with Crippen molar-refractivity contribution in [2.45, 2.75) is 54.9 Å². The Hall–Kier alpha value is -3.63. The first-order chi connectivity index (χ1) is 20.6. The topological polar surface area (TPSA) is 38.9 Å². The third-order valence-corrected chi connectivity index (χ3v) is 8.70. The summed E-state index contributed by atoms with van der Waals surface area (Å²) >= 11 is 1.79. The predicted molar refractivity (Wildman–Crippen MR) is 182 cm³/mol. The number of furan rings is 1. The first kappa shape index (κ1) is 31.8. The third kappa shape index (κ3) is 6.71. The number of thiophene rings is 1. The molecule has 0 spiro atoms. The number of fused-ring (bicyclic) bond motifs is 5. The molecule has 225 valence electrons. The third-order valence-electron chi connectivity index (χ3n) is 7.64. The van der Waals surface area contributed by atoms with E-state index in [1.54, 1.807) is 11.3 Å². The van der Waals surface area contributed by atoms with Crippen molar-refractivity contribution in [1.29, 1.82) is 0 Å². The van der Waals surface area contributed by atoms with Crippen molar-refractivity contribution in [2.24, 2.45) is 5.41 Å². The van der Waals surface area contributed by atoms with E-state index in [1.165, 1.54) is 37.2 Å². The van der Waals surface area contributed by atoms with Crippen molar-refractivity contribution in [3.63, 3.8) is 0 Å². The number of benzene rings is 3. The number of aromatic nitrogens is 2. The number of aryl methyl sites for hydroxylation is 4. The Morgan fingerprint density at radius 2 is 1.59 bits per heavy atom. The van der Waals surface area contributed by atoms with Crippen molar-refractivity contribution in [1.82, 2.24) is 9.97 Å². The Morgan fingerprint density at radius 3 is 2.32 bits per heavy atom. The van der Waals surface area contributed by atoms with Crippen LogP contribution in [0.5, 0.6) is 0 Å². The Kier molecular flexibility index (Phi) is 9.22. The van der Waals surface area contributed by atoms with Crippen LogP contribution < -0.4 is 0 Å². The van der Waals surface area contributed by atoms with E-state index in [4.69, 9.17) is 4.42 Å². The summed E-state index contributed by atoms with van der Waals surface area (Å²) in [6, 6.07) is 29.8. The zero-order valence-electron chi connectivity index (χ0n) is 26.3. The number of hydrogen-bond acceptors (Lipinski definition) is 4. The standard InChI is InChI=1S/C25H22NOS.C14H14N.Ir/c1-15-12-17-8-9-19-18-6-5-7-20(22(18)27-23(19)24(17)28-15)21-13-16(10-11-26-21)14-25(2,3)4;1-10-4-6-13(7-5-10)14-8-11(2)12(3)9-15-14;/h5-6,8-13H,14H2,1-4H3;4-6,8-9H,1-3H3;/q2*-1;. The summed E-state index contributed by atoms with van der Waals surface area (Å²) in [4.78, 5) is 10.3. The zero-order valence-corrected chi connectivity index (χ0v) is 29.5. The van der Waals surface area contributed by atoms with Gasteiger partial charge in [0.15, 0.2) is 0 Å². The number of hydrogen-bond donors (Lipinski definition) is 0. The van der Waals surface area contributed by atoms with Gasteiger partial charge in [-0.25, -0.2) is 0 Å². The van der Waals surface area contributed by atoms with Gasteiger partial charge in [0.2, 0.25) is 0 Å². The number of nitrogens with zero attached hydrogens (tertiary/aromatic N) is 2. The smallest absolute Gasteiger partial charge is 0.138 e. The second-order valence-electron chi connectivity index (χ2n) is 12.6. The molecule has 0 amide bonds. The van der Waals surface area contributed by atoms with Crippen molar-refractivity contribution >= 4 is 43.4 Å². The van der Waals surface area contributed by atoms with Crippen LogP contribution in [0.4, 0.5) is 0 Å². The Bertz CT molecular complexity index is 2080. The van der Waals surface area contributed by atoms with Crippen molar-refractivity contribution in [3.05, 3.63) is 118 Å². The second-order valence-corrected chi connectivity index (χ2v) is 13.9. The molecule has 0 aliphatic rings. The molecule has 0 fully saturated rings. The minimum absolute atomic E-state index is 0. The van der Waals surface area contributed by atoms with Crippen molar-refractivity contribution in [2.75, 3.05) is 0 Å². The van der Waals surface area contributed by atoms with Gasteiger partial charge < -0.3 is 14.4 Å². The van der Waals surface area contributed by atoms with Gasteiger partial charge in [0.1, 0.15) is 5.58 Å². The van der Waals surface area contributed by atoms with Gasteiger partial charge in [0.05, 0.1) is 10.3 Å². The fourth-order valence-electron chi connectivity index (χ4n) is 5.38. The van der Waals surface area contributed by atoms with Crippen LogP contribution >= 0.6 is 11.3 Å². The molecule has 5 heteroatoms. The monoisotopic (exact) mass is 773 g/mol. The summed E-state index contributed by atoms with van der Waals surface area (Å²) in [7, 11) is 0. The molecule has 7 rings (SSSR count). The predicted octanol–water partition coefficient (Wildman–Crippen LogP) is 11.0. The summed E-state index contributed by atoms with van der Waals surface area (Å²) in [6.45, 7) is 15.2. The van der Waals surface area contributed by atoms with E-state index < -0.39 is 0 Å². The van der Waals surface area contributed by atoms with Crippen LogP contribution in [0.3, 0.4) is 0 Å². The van der Waals surface area contributed by atoms with E-state index in [0.29, 0.717) is 0 Å². The number of pyridine rings is 2. The largest absolute Gasteiger partial charge is 0.499 e. The molecular weight excluding hydrogens is 737 g/mol. The van der Waals surface area contributed by atoms with Crippen LogP contribution in [-0.2, 0) is 26.5 Å². The zero-order chi connectivity index (χ0) is 30.3. The van der Waals surface area contributed by atoms with E-state index >= 15 is 0 Å². The molecule has 44 heavy (non-hydrogen) atoms. The number of rotatable bonds is 3. The van der Waals surface area contributed by atoms with Gasteiger partial charge in [0, 0.05) is 42.8 Å². The minimum atomic E-state index is 0. The summed E-state index contributed by atoms with van der Waals surface area (Å²) in [5, 5.41) is 3.52. The van der Waals surface area contributed by atoms with Crippen LogP contribution in [0.2, 0.25) is 0 Å². The summed E-state index contributed by atoms with van der Waals surface area (Å²) in [5.41, 5.74) is 11.0. The van der Waals surface area contributed by atoms with E-state index in [-0.39, 0.29) is 25.5 Å². The minimum Gasteiger partial charge on any atom is -0.499 e. The molecule has 0 aliphatic heterocycles. The van der Waals surface area contributed by atoms with Crippen molar-refractivity contribution < 1.29 is 24.5 Å². The molecule has 4 heterocycles. The molecule has 0 aliphatic carbocycles. The van der Waals surface area contributed by atoms with Crippen LogP contribution in [-0.4, -0.2) is 9.97 Å².